The van der Waals surface area contributed by atoms with Crippen molar-refractivity contribution in [3.63, 3.8) is 0 Å². The van der Waals surface area contributed by atoms with E-state index in [1.165, 1.54) is 0 Å². The zero-order valence-corrected chi connectivity index (χ0v) is 22.0. The molecule has 4 aromatic rings. The van der Waals surface area contributed by atoms with Crippen LogP contribution < -0.4 is 15.8 Å². The van der Waals surface area contributed by atoms with Gasteiger partial charge in [-0.2, -0.15) is 0 Å². The molecule has 1 aromatic carbocycles. The lowest BCUT2D eigenvalue weighted by atomic mass is 9.90. The van der Waals surface area contributed by atoms with Crippen molar-refractivity contribution in [2.24, 2.45) is 5.92 Å². The summed E-state index contributed by atoms with van der Waals surface area (Å²) in [6.07, 6.45) is 3.99. The van der Waals surface area contributed by atoms with E-state index in [-0.39, 0.29) is 24.1 Å². The minimum atomic E-state index is -0.150. The van der Waals surface area contributed by atoms with Crippen LogP contribution in [0.4, 0.5) is 5.82 Å². The lowest BCUT2D eigenvalue weighted by Gasteiger charge is -2.36. The third-order valence-electron chi connectivity index (χ3n) is 7.91. The number of carbonyl (C=O) groups excluding carboxylic acids is 1. The minimum Gasteiger partial charge on any atom is -0.357 e. The van der Waals surface area contributed by atoms with E-state index in [1.807, 2.05) is 63.4 Å². The van der Waals surface area contributed by atoms with Gasteiger partial charge in [0, 0.05) is 59.7 Å². The second-order valence-electron chi connectivity index (χ2n) is 10.2. The molecule has 1 saturated heterocycles. The number of anilines is 1. The Morgan fingerprint density at radius 1 is 1.11 bits per heavy atom. The molecule has 7 nitrogen and oxygen atoms in total. The standard InChI is InChI=1S/C30H35N5O2/c1-19-17-20(2)33-29(36)25(19)18-32-30(37)28-22(4)35(26-10-6-5-9-24(26)28)21(3)23-12-15-34(16-13-23)27-11-7-8-14-31-27/h5-11,14,17,21,23H,12-13,15-16,18H2,1-4H3,(H,32,37)(H,33,36). The lowest BCUT2D eigenvalue weighted by molar-refractivity contribution is 0.0951. The number of pyridine rings is 2. The van der Waals surface area contributed by atoms with Crippen LogP contribution in [0.3, 0.4) is 0 Å². The number of fused-ring (bicyclic) bond motifs is 1. The zero-order valence-electron chi connectivity index (χ0n) is 22.0. The monoisotopic (exact) mass is 497 g/mol. The van der Waals surface area contributed by atoms with Gasteiger partial charge in [0.15, 0.2) is 0 Å². The highest BCUT2D eigenvalue weighted by atomic mass is 16.2. The number of carbonyl (C=O) groups is 1. The van der Waals surface area contributed by atoms with Crippen molar-refractivity contribution in [3.8, 4) is 0 Å². The fourth-order valence-electron chi connectivity index (χ4n) is 5.92. The Kier molecular flexibility index (Phi) is 6.87. The number of hydrogen-bond donors (Lipinski definition) is 2. The second kappa shape index (κ2) is 10.2. The molecule has 0 saturated carbocycles. The van der Waals surface area contributed by atoms with Crippen LogP contribution in [-0.2, 0) is 6.54 Å². The summed E-state index contributed by atoms with van der Waals surface area (Å²) in [7, 11) is 0. The fraction of sp³-hybridized carbons (Fsp3) is 0.367. The lowest BCUT2D eigenvalue weighted by Crippen LogP contribution is -2.36. The summed E-state index contributed by atoms with van der Waals surface area (Å²) in [6.45, 7) is 10.2. The molecule has 1 aliphatic rings. The number of piperidine rings is 1. The van der Waals surface area contributed by atoms with Crippen LogP contribution in [0.5, 0.6) is 0 Å². The number of amides is 1. The molecule has 1 amide bonds. The summed E-state index contributed by atoms with van der Waals surface area (Å²) in [5, 5.41) is 3.97. The van der Waals surface area contributed by atoms with Gasteiger partial charge in [-0.05, 0) is 76.3 Å². The van der Waals surface area contributed by atoms with Crippen LogP contribution in [0, 0.1) is 26.7 Å². The van der Waals surface area contributed by atoms with Crippen molar-refractivity contribution >= 4 is 22.6 Å². The van der Waals surface area contributed by atoms with Gasteiger partial charge in [0.25, 0.3) is 11.5 Å². The quantitative estimate of drug-likeness (QED) is 0.390. The van der Waals surface area contributed by atoms with Crippen LogP contribution in [0.25, 0.3) is 10.9 Å². The van der Waals surface area contributed by atoms with Crippen LogP contribution in [-0.4, -0.2) is 33.5 Å². The molecule has 1 atom stereocenters. The first kappa shape index (κ1) is 24.8. The van der Waals surface area contributed by atoms with E-state index in [9.17, 15) is 9.59 Å². The van der Waals surface area contributed by atoms with Gasteiger partial charge in [-0.25, -0.2) is 4.98 Å². The molecule has 192 valence electrons. The molecule has 1 aliphatic heterocycles. The van der Waals surface area contributed by atoms with Crippen LogP contribution >= 0.6 is 0 Å². The van der Waals surface area contributed by atoms with Gasteiger partial charge < -0.3 is 19.8 Å². The zero-order chi connectivity index (χ0) is 26.1. The van der Waals surface area contributed by atoms with Gasteiger partial charge >= 0.3 is 0 Å². The van der Waals surface area contributed by atoms with E-state index in [0.717, 1.165) is 59.6 Å². The molecule has 37 heavy (non-hydrogen) atoms. The number of aromatic amines is 1. The number of nitrogens with one attached hydrogen (secondary N) is 2. The molecule has 3 aromatic heterocycles. The highest BCUT2D eigenvalue weighted by molar-refractivity contribution is 6.08. The molecule has 7 heteroatoms. The molecule has 1 fully saturated rings. The van der Waals surface area contributed by atoms with E-state index in [4.69, 9.17) is 0 Å². The number of aromatic nitrogens is 3. The number of H-pyrrole nitrogens is 1. The summed E-state index contributed by atoms with van der Waals surface area (Å²) in [5.74, 6) is 1.39. The van der Waals surface area contributed by atoms with Gasteiger partial charge in [-0.15, -0.1) is 0 Å². The Balaban J connectivity index is 1.38. The Morgan fingerprint density at radius 2 is 1.84 bits per heavy atom. The molecule has 0 aliphatic carbocycles. The number of benzene rings is 1. The maximum Gasteiger partial charge on any atom is 0.254 e. The third kappa shape index (κ3) is 4.78. The average Bonchev–Trinajstić information content (AvgIpc) is 3.19. The van der Waals surface area contributed by atoms with E-state index >= 15 is 0 Å². The second-order valence-corrected chi connectivity index (χ2v) is 10.2. The molecular formula is C30H35N5O2. The molecule has 1 unspecified atom stereocenters. The molecule has 0 radical (unpaired) electrons. The summed E-state index contributed by atoms with van der Waals surface area (Å²) in [4.78, 5) is 35.7. The number of rotatable bonds is 6. The van der Waals surface area contributed by atoms with E-state index in [1.54, 1.807) is 0 Å². The molecular weight excluding hydrogens is 462 g/mol. The maximum atomic E-state index is 13.5. The van der Waals surface area contributed by atoms with E-state index in [0.29, 0.717) is 17.0 Å². The van der Waals surface area contributed by atoms with Crippen molar-refractivity contribution < 1.29 is 4.79 Å². The predicted octanol–water partition coefficient (Wildman–Crippen LogP) is 5.06. The highest BCUT2D eigenvalue weighted by Crippen LogP contribution is 2.36. The normalized spacial score (nSPS) is 15.2. The largest absolute Gasteiger partial charge is 0.357 e. The number of hydrogen-bond acceptors (Lipinski definition) is 4. The summed E-state index contributed by atoms with van der Waals surface area (Å²) >= 11 is 0. The number of nitrogens with zero attached hydrogens (tertiary/aromatic N) is 3. The fourth-order valence-corrected chi connectivity index (χ4v) is 5.92. The van der Waals surface area contributed by atoms with Gasteiger partial charge in [-0.1, -0.05) is 24.3 Å². The maximum absolute atomic E-state index is 13.5. The van der Waals surface area contributed by atoms with Crippen LogP contribution in [0.1, 0.15) is 58.7 Å². The Labute approximate surface area is 217 Å². The summed E-state index contributed by atoms with van der Waals surface area (Å²) < 4.78 is 2.34. The van der Waals surface area contributed by atoms with E-state index < -0.39 is 0 Å². The van der Waals surface area contributed by atoms with Gasteiger partial charge in [-0.3, -0.25) is 9.59 Å². The predicted molar refractivity (Wildman–Crippen MR) is 148 cm³/mol. The van der Waals surface area contributed by atoms with Crippen molar-refractivity contribution in [3.05, 3.63) is 93.2 Å². The molecule has 4 heterocycles. The van der Waals surface area contributed by atoms with E-state index in [2.05, 4.69) is 43.8 Å². The number of para-hydroxylation sites is 1. The first-order chi connectivity index (χ1) is 17.8. The van der Waals surface area contributed by atoms with Crippen LogP contribution in [0.15, 0.2) is 59.5 Å². The van der Waals surface area contributed by atoms with Crippen LogP contribution in [0.2, 0.25) is 0 Å². The summed E-state index contributed by atoms with van der Waals surface area (Å²) in [6, 6.07) is 16.4. The molecule has 0 bridgehead atoms. The van der Waals surface area contributed by atoms with Crippen molar-refractivity contribution in [1.29, 1.82) is 0 Å². The van der Waals surface area contributed by atoms with Gasteiger partial charge in [0.1, 0.15) is 5.82 Å². The summed E-state index contributed by atoms with van der Waals surface area (Å²) in [5.41, 5.74) is 4.87. The Bertz CT molecular complexity index is 1480. The minimum absolute atomic E-state index is 0.149. The average molecular weight is 498 g/mol. The van der Waals surface area contributed by atoms with Crippen molar-refractivity contribution in [2.75, 3.05) is 18.0 Å². The number of aryl methyl sites for hydroxylation is 2. The van der Waals surface area contributed by atoms with Gasteiger partial charge in [0.05, 0.1) is 5.56 Å². The SMILES string of the molecule is Cc1cc(C)c(CNC(=O)c2c(C)n(C(C)C3CCN(c4ccccn4)CC3)c3ccccc23)c(=O)[nH]1. The first-order valence-corrected chi connectivity index (χ1v) is 13.1. The Morgan fingerprint density at radius 3 is 2.54 bits per heavy atom. The topological polar surface area (TPSA) is 83.0 Å². The highest BCUT2D eigenvalue weighted by Gasteiger charge is 2.29. The smallest absolute Gasteiger partial charge is 0.254 e. The first-order valence-electron chi connectivity index (χ1n) is 13.1. The third-order valence-corrected chi connectivity index (χ3v) is 7.91. The van der Waals surface area contributed by atoms with Crippen molar-refractivity contribution in [2.45, 2.75) is 53.1 Å². The van der Waals surface area contributed by atoms with Crippen molar-refractivity contribution in [1.82, 2.24) is 19.9 Å². The van der Waals surface area contributed by atoms with Gasteiger partial charge in [0.2, 0.25) is 0 Å². The Hall–Kier alpha value is -3.87. The molecule has 0 spiro atoms. The molecule has 5 rings (SSSR count). The molecule has 2 N–H and O–H groups in total.